The highest BCUT2D eigenvalue weighted by atomic mass is 14.7. The fourth-order valence-electron chi connectivity index (χ4n) is 1.73. The number of aryl methyl sites for hydroxylation is 1. The van der Waals surface area contributed by atoms with Gasteiger partial charge >= 0.3 is 0 Å². The van der Waals surface area contributed by atoms with Gasteiger partial charge in [0.1, 0.15) is 0 Å². The van der Waals surface area contributed by atoms with E-state index in [2.05, 4.69) is 30.1 Å². The van der Waals surface area contributed by atoms with Crippen LogP contribution in [-0.2, 0) is 5.54 Å². The first kappa shape index (κ1) is 9.28. The summed E-state index contributed by atoms with van der Waals surface area (Å²) < 4.78 is 0. The maximum atomic E-state index is 6.08. The lowest BCUT2D eigenvalue weighted by molar-refractivity contribution is 0.555. The number of H-pyrrole nitrogens is 1. The van der Waals surface area contributed by atoms with E-state index < -0.39 is 0 Å². The van der Waals surface area contributed by atoms with Gasteiger partial charge < -0.3 is 10.7 Å². The summed E-state index contributed by atoms with van der Waals surface area (Å²) in [5.41, 5.74) is 9.45. The maximum Gasteiger partial charge on any atom is 0.0483 e. The van der Waals surface area contributed by atoms with Crippen molar-refractivity contribution in [3.63, 3.8) is 0 Å². The van der Waals surface area contributed by atoms with Gasteiger partial charge in [0.2, 0.25) is 0 Å². The molecule has 0 saturated carbocycles. The van der Waals surface area contributed by atoms with Crippen LogP contribution in [0.3, 0.4) is 0 Å². The molecule has 14 heavy (non-hydrogen) atoms. The molecule has 2 heteroatoms. The van der Waals surface area contributed by atoms with Gasteiger partial charge in [-0.15, -0.1) is 0 Å². The lowest BCUT2D eigenvalue weighted by atomic mass is 9.93. The van der Waals surface area contributed by atoms with E-state index in [9.17, 15) is 0 Å². The summed E-state index contributed by atoms with van der Waals surface area (Å²) in [5, 5.41) is 1.23. The van der Waals surface area contributed by atoms with E-state index in [1.165, 1.54) is 22.0 Å². The Hall–Kier alpha value is -1.28. The summed E-state index contributed by atoms with van der Waals surface area (Å²) in [6.45, 7) is 6.16. The number of rotatable bonds is 1. The van der Waals surface area contributed by atoms with Crippen molar-refractivity contribution in [1.29, 1.82) is 0 Å². The van der Waals surface area contributed by atoms with E-state index >= 15 is 0 Å². The van der Waals surface area contributed by atoms with Gasteiger partial charge in [0.25, 0.3) is 0 Å². The molecule has 74 valence electrons. The lowest BCUT2D eigenvalue weighted by Gasteiger charge is -2.20. The standard InChI is InChI=1S/C12H16N2/c1-8-6-10(12(2,3)13)7-9-4-5-14-11(8)9/h4-7,14H,13H2,1-3H3. The highest BCUT2D eigenvalue weighted by Crippen LogP contribution is 2.24. The molecule has 0 atom stereocenters. The van der Waals surface area contributed by atoms with Crippen LogP contribution in [0.1, 0.15) is 25.0 Å². The summed E-state index contributed by atoms with van der Waals surface area (Å²) in [6.07, 6.45) is 1.96. The van der Waals surface area contributed by atoms with Gasteiger partial charge in [0.05, 0.1) is 0 Å². The molecule has 0 bridgehead atoms. The molecule has 0 aliphatic rings. The second kappa shape index (κ2) is 2.85. The first-order chi connectivity index (χ1) is 6.48. The van der Waals surface area contributed by atoms with E-state index in [1.807, 2.05) is 20.0 Å². The molecule has 2 nitrogen and oxygen atoms in total. The third kappa shape index (κ3) is 1.42. The Balaban J connectivity index is 2.70. The third-order valence-corrected chi connectivity index (χ3v) is 2.60. The molecule has 1 aromatic carbocycles. The highest BCUT2D eigenvalue weighted by Gasteiger charge is 2.15. The Labute approximate surface area is 84.1 Å². The second-order valence-electron chi connectivity index (χ2n) is 4.46. The number of benzene rings is 1. The monoisotopic (exact) mass is 188 g/mol. The van der Waals surface area contributed by atoms with Crippen LogP contribution < -0.4 is 5.73 Å². The number of nitrogens with two attached hydrogens (primary N) is 1. The van der Waals surface area contributed by atoms with Gasteiger partial charge in [-0.2, -0.15) is 0 Å². The Bertz CT molecular complexity index is 461. The normalized spacial score (nSPS) is 12.3. The van der Waals surface area contributed by atoms with Gasteiger partial charge in [-0.25, -0.2) is 0 Å². The van der Waals surface area contributed by atoms with E-state index in [0.29, 0.717) is 0 Å². The Kier molecular flexibility index (Phi) is 1.89. The quantitative estimate of drug-likeness (QED) is 0.709. The minimum absolute atomic E-state index is 0.268. The van der Waals surface area contributed by atoms with E-state index in [4.69, 9.17) is 5.73 Å². The number of nitrogens with one attached hydrogen (secondary N) is 1. The van der Waals surface area contributed by atoms with Crippen molar-refractivity contribution >= 4 is 10.9 Å². The molecule has 0 amide bonds. The van der Waals surface area contributed by atoms with Crippen LogP contribution in [0.5, 0.6) is 0 Å². The molecule has 2 aromatic rings. The number of aromatic nitrogens is 1. The lowest BCUT2D eigenvalue weighted by Crippen LogP contribution is -2.28. The van der Waals surface area contributed by atoms with Crippen LogP contribution in [0.15, 0.2) is 24.4 Å². The molecule has 0 spiro atoms. The minimum atomic E-state index is -0.268. The van der Waals surface area contributed by atoms with Crippen LogP contribution in [0.2, 0.25) is 0 Å². The van der Waals surface area contributed by atoms with Gasteiger partial charge in [0, 0.05) is 17.3 Å². The first-order valence-corrected chi connectivity index (χ1v) is 4.85. The van der Waals surface area contributed by atoms with Crippen molar-refractivity contribution < 1.29 is 0 Å². The zero-order chi connectivity index (χ0) is 10.3. The Morgan fingerprint density at radius 3 is 2.64 bits per heavy atom. The fourth-order valence-corrected chi connectivity index (χ4v) is 1.73. The molecule has 2 rings (SSSR count). The summed E-state index contributed by atoms with van der Waals surface area (Å²) >= 11 is 0. The van der Waals surface area contributed by atoms with Crippen molar-refractivity contribution in [3.05, 3.63) is 35.5 Å². The molecule has 0 saturated heterocycles. The summed E-state index contributed by atoms with van der Waals surface area (Å²) in [4.78, 5) is 3.23. The summed E-state index contributed by atoms with van der Waals surface area (Å²) in [7, 11) is 0. The molecule has 3 N–H and O–H groups in total. The van der Waals surface area contributed by atoms with Crippen LogP contribution in [0.4, 0.5) is 0 Å². The van der Waals surface area contributed by atoms with Crippen molar-refractivity contribution in [2.45, 2.75) is 26.3 Å². The van der Waals surface area contributed by atoms with Gasteiger partial charge in [-0.3, -0.25) is 0 Å². The SMILES string of the molecule is Cc1cc(C(C)(C)N)cc2cc[nH]c12. The van der Waals surface area contributed by atoms with Crippen molar-refractivity contribution in [2.75, 3.05) is 0 Å². The van der Waals surface area contributed by atoms with Crippen LogP contribution in [0, 0.1) is 6.92 Å². The van der Waals surface area contributed by atoms with Crippen LogP contribution in [-0.4, -0.2) is 4.98 Å². The summed E-state index contributed by atoms with van der Waals surface area (Å²) in [6, 6.07) is 6.38. The zero-order valence-electron chi connectivity index (χ0n) is 8.89. The van der Waals surface area contributed by atoms with Crippen molar-refractivity contribution in [1.82, 2.24) is 4.98 Å². The Morgan fingerprint density at radius 1 is 1.29 bits per heavy atom. The van der Waals surface area contributed by atoms with Gasteiger partial charge in [-0.1, -0.05) is 6.07 Å². The zero-order valence-corrected chi connectivity index (χ0v) is 8.89. The highest BCUT2D eigenvalue weighted by molar-refractivity contribution is 5.83. The van der Waals surface area contributed by atoms with E-state index in [0.717, 1.165) is 0 Å². The van der Waals surface area contributed by atoms with Crippen LogP contribution in [0.25, 0.3) is 10.9 Å². The molecule has 0 aliphatic heterocycles. The number of fused-ring (bicyclic) bond motifs is 1. The number of hydrogen-bond acceptors (Lipinski definition) is 1. The topological polar surface area (TPSA) is 41.8 Å². The van der Waals surface area contributed by atoms with Gasteiger partial charge in [0.15, 0.2) is 0 Å². The minimum Gasteiger partial charge on any atom is -0.361 e. The molecule has 0 radical (unpaired) electrons. The smallest absolute Gasteiger partial charge is 0.0483 e. The third-order valence-electron chi connectivity index (χ3n) is 2.60. The predicted molar refractivity (Wildman–Crippen MR) is 60.2 cm³/mol. The molecular weight excluding hydrogens is 172 g/mol. The molecule has 0 unspecified atom stereocenters. The molecule has 0 fully saturated rings. The maximum absolute atomic E-state index is 6.08. The Morgan fingerprint density at radius 2 is 2.00 bits per heavy atom. The predicted octanol–water partition coefficient (Wildman–Crippen LogP) is 2.67. The molecular formula is C12H16N2. The van der Waals surface area contributed by atoms with Gasteiger partial charge in [-0.05, 0) is 49.4 Å². The van der Waals surface area contributed by atoms with Crippen LogP contribution >= 0.6 is 0 Å². The molecule has 1 heterocycles. The number of aromatic amines is 1. The average Bonchev–Trinajstić information content (AvgIpc) is 2.50. The van der Waals surface area contributed by atoms with Crippen molar-refractivity contribution in [2.24, 2.45) is 5.73 Å². The largest absolute Gasteiger partial charge is 0.361 e. The fraction of sp³-hybridized carbons (Fsp3) is 0.333. The number of hydrogen-bond donors (Lipinski definition) is 2. The average molecular weight is 188 g/mol. The van der Waals surface area contributed by atoms with E-state index in [-0.39, 0.29) is 5.54 Å². The molecule has 0 aliphatic carbocycles. The first-order valence-electron chi connectivity index (χ1n) is 4.85. The van der Waals surface area contributed by atoms with Crippen molar-refractivity contribution in [3.8, 4) is 0 Å². The molecule has 1 aromatic heterocycles. The summed E-state index contributed by atoms with van der Waals surface area (Å²) in [5.74, 6) is 0. The second-order valence-corrected chi connectivity index (χ2v) is 4.46. The van der Waals surface area contributed by atoms with E-state index in [1.54, 1.807) is 0 Å².